The highest BCUT2D eigenvalue weighted by Crippen LogP contribution is 2.35. The van der Waals surface area contributed by atoms with Crippen LogP contribution in [0, 0.1) is 12.7 Å². The Bertz CT molecular complexity index is 325. The van der Waals surface area contributed by atoms with E-state index in [9.17, 15) is 4.39 Å². The topological polar surface area (TPSA) is 18.5 Å². The van der Waals surface area contributed by atoms with Crippen LogP contribution in [0.15, 0.2) is 18.2 Å². The highest BCUT2D eigenvalue weighted by Gasteiger charge is 2.22. The number of para-hydroxylation sites is 1. The maximum atomic E-state index is 13.1. The number of fused-ring (bicyclic) bond motifs is 1. The summed E-state index contributed by atoms with van der Waals surface area (Å²) >= 11 is 0. The van der Waals surface area contributed by atoms with Crippen molar-refractivity contribution in [2.45, 2.75) is 19.1 Å². The zero-order valence-electron chi connectivity index (χ0n) is 7.29. The van der Waals surface area contributed by atoms with Gasteiger partial charge < -0.3 is 9.47 Å². The number of ether oxygens (including phenoxy) is 2. The molecule has 2 rings (SSSR count). The summed E-state index contributed by atoms with van der Waals surface area (Å²) in [7, 11) is 0. The van der Waals surface area contributed by atoms with E-state index in [-0.39, 0.29) is 18.0 Å². The molecule has 3 heteroatoms. The highest BCUT2D eigenvalue weighted by molar-refractivity contribution is 5.42. The standard InChI is InChI=1S/C10H10FO2/c1-6-7(2)13-10-8(11)4-3-5-9(10)12-6/h3-7H,1H2,2H3/q-1/t6?,7-/m1/s1. The lowest BCUT2D eigenvalue weighted by Gasteiger charge is -2.34. The zero-order valence-corrected chi connectivity index (χ0v) is 7.29. The van der Waals surface area contributed by atoms with E-state index >= 15 is 0 Å². The third-order valence-electron chi connectivity index (χ3n) is 2.04. The lowest BCUT2D eigenvalue weighted by Crippen LogP contribution is -2.35. The fraction of sp³-hybridized carbons (Fsp3) is 0.300. The van der Waals surface area contributed by atoms with E-state index in [2.05, 4.69) is 6.92 Å². The van der Waals surface area contributed by atoms with Gasteiger partial charge in [-0.15, -0.1) is 0 Å². The Labute approximate surface area is 76.3 Å². The molecule has 1 aromatic carbocycles. The maximum Gasteiger partial charge on any atom is 0.197 e. The molecule has 0 saturated heterocycles. The van der Waals surface area contributed by atoms with Crippen LogP contribution in [0.4, 0.5) is 4.39 Å². The summed E-state index contributed by atoms with van der Waals surface area (Å²) in [6, 6.07) is 4.60. The predicted octanol–water partition coefficient (Wildman–Crippen LogP) is 2.19. The number of hydrogen-bond acceptors (Lipinski definition) is 2. The average Bonchev–Trinajstić information content (AvgIpc) is 2.09. The van der Waals surface area contributed by atoms with Crippen molar-refractivity contribution in [2.75, 3.05) is 0 Å². The molecule has 2 nitrogen and oxygen atoms in total. The second-order valence-electron chi connectivity index (χ2n) is 3.05. The molecule has 13 heavy (non-hydrogen) atoms. The number of hydrogen-bond donors (Lipinski definition) is 0. The molecule has 1 aromatic rings. The van der Waals surface area contributed by atoms with Gasteiger partial charge in [0.25, 0.3) is 0 Å². The quantitative estimate of drug-likeness (QED) is 0.571. The van der Waals surface area contributed by atoms with Gasteiger partial charge in [-0.3, -0.25) is 6.92 Å². The summed E-state index contributed by atoms with van der Waals surface area (Å²) in [6.07, 6.45) is -0.501. The molecule has 1 unspecified atom stereocenters. The van der Waals surface area contributed by atoms with Gasteiger partial charge in [0.05, 0.1) is 0 Å². The van der Waals surface area contributed by atoms with Gasteiger partial charge in [0.2, 0.25) is 0 Å². The van der Waals surface area contributed by atoms with Gasteiger partial charge in [-0.2, -0.15) is 0 Å². The van der Waals surface area contributed by atoms with Crippen molar-refractivity contribution in [3.8, 4) is 11.5 Å². The van der Waals surface area contributed by atoms with Crippen LogP contribution < -0.4 is 9.47 Å². The van der Waals surface area contributed by atoms with Gasteiger partial charge >= 0.3 is 0 Å². The van der Waals surface area contributed by atoms with E-state index in [0.717, 1.165) is 0 Å². The van der Waals surface area contributed by atoms with Gasteiger partial charge in [0.15, 0.2) is 17.3 Å². The Morgan fingerprint density at radius 3 is 2.92 bits per heavy atom. The Morgan fingerprint density at radius 1 is 1.38 bits per heavy atom. The van der Waals surface area contributed by atoms with Crippen LogP contribution in [0.25, 0.3) is 0 Å². The van der Waals surface area contributed by atoms with Crippen LogP contribution in [-0.2, 0) is 0 Å². The minimum atomic E-state index is -0.392. The van der Waals surface area contributed by atoms with Crippen molar-refractivity contribution < 1.29 is 13.9 Å². The summed E-state index contributed by atoms with van der Waals surface area (Å²) in [6.45, 7) is 5.54. The minimum absolute atomic E-state index is 0.190. The molecule has 1 heterocycles. The third-order valence-corrected chi connectivity index (χ3v) is 2.04. The first-order valence-electron chi connectivity index (χ1n) is 4.13. The second kappa shape index (κ2) is 2.91. The van der Waals surface area contributed by atoms with Crippen molar-refractivity contribution in [3.63, 3.8) is 0 Å². The molecule has 2 atom stereocenters. The third kappa shape index (κ3) is 1.34. The normalized spacial score (nSPS) is 25.8. The SMILES string of the molecule is [CH2-]C1Oc2cccc(F)c2O[C@@H]1C. The fourth-order valence-corrected chi connectivity index (χ4v) is 1.22. The van der Waals surface area contributed by atoms with Crippen molar-refractivity contribution in [1.82, 2.24) is 0 Å². The van der Waals surface area contributed by atoms with Gasteiger partial charge in [-0.05, 0) is 19.1 Å². The molecule has 0 bridgehead atoms. The monoisotopic (exact) mass is 181 g/mol. The molecule has 0 radical (unpaired) electrons. The molecule has 0 N–H and O–H groups in total. The molecule has 0 aromatic heterocycles. The molecule has 70 valence electrons. The Hall–Kier alpha value is -1.25. The molecule has 0 aliphatic carbocycles. The van der Waals surface area contributed by atoms with Crippen LogP contribution in [0.2, 0.25) is 0 Å². The summed E-state index contributed by atoms with van der Waals surface area (Å²) in [4.78, 5) is 0. The van der Waals surface area contributed by atoms with E-state index in [1.165, 1.54) is 6.07 Å². The zero-order chi connectivity index (χ0) is 9.42. The smallest absolute Gasteiger partial charge is 0.197 e. The summed E-state index contributed by atoms with van der Waals surface area (Å²) < 4.78 is 23.8. The van der Waals surface area contributed by atoms with E-state index in [1.54, 1.807) is 19.1 Å². The van der Waals surface area contributed by atoms with Crippen LogP contribution in [0.3, 0.4) is 0 Å². The minimum Gasteiger partial charge on any atom is -0.515 e. The van der Waals surface area contributed by atoms with E-state index in [1.807, 2.05) is 0 Å². The van der Waals surface area contributed by atoms with Crippen LogP contribution in [0.1, 0.15) is 6.92 Å². The number of rotatable bonds is 0. The van der Waals surface area contributed by atoms with E-state index < -0.39 is 5.82 Å². The summed E-state index contributed by atoms with van der Waals surface area (Å²) in [5.74, 6) is 0.226. The largest absolute Gasteiger partial charge is 0.515 e. The molecule has 1 aliphatic rings. The maximum absolute atomic E-state index is 13.1. The van der Waals surface area contributed by atoms with Crippen LogP contribution >= 0.6 is 0 Å². The van der Waals surface area contributed by atoms with Crippen LogP contribution in [-0.4, -0.2) is 12.2 Å². The molecule has 0 spiro atoms. The first-order valence-corrected chi connectivity index (χ1v) is 4.13. The van der Waals surface area contributed by atoms with Gasteiger partial charge in [0, 0.05) is 6.10 Å². The number of benzene rings is 1. The van der Waals surface area contributed by atoms with Crippen molar-refractivity contribution in [3.05, 3.63) is 30.9 Å². The molecule has 1 aliphatic heterocycles. The lowest BCUT2D eigenvalue weighted by molar-refractivity contribution is 0.0536. The highest BCUT2D eigenvalue weighted by atomic mass is 19.1. The second-order valence-corrected chi connectivity index (χ2v) is 3.05. The fourth-order valence-electron chi connectivity index (χ4n) is 1.22. The Balaban J connectivity index is 2.42. The van der Waals surface area contributed by atoms with Crippen molar-refractivity contribution in [1.29, 1.82) is 0 Å². The Kier molecular flexibility index (Phi) is 1.87. The average molecular weight is 181 g/mol. The summed E-state index contributed by atoms with van der Waals surface area (Å²) in [5, 5.41) is 0. The molecular formula is C10H10FO2-. The van der Waals surface area contributed by atoms with Gasteiger partial charge in [0.1, 0.15) is 6.10 Å². The van der Waals surface area contributed by atoms with Gasteiger partial charge in [-0.25, -0.2) is 4.39 Å². The summed E-state index contributed by atoms with van der Waals surface area (Å²) in [5.41, 5.74) is 0. The van der Waals surface area contributed by atoms with Crippen molar-refractivity contribution >= 4 is 0 Å². The molecule has 0 amide bonds. The van der Waals surface area contributed by atoms with Gasteiger partial charge in [-0.1, -0.05) is 6.07 Å². The first-order chi connectivity index (χ1) is 6.18. The lowest BCUT2D eigenvalue weighted by atomic mass is 10.2. The number of halogens is 1. The van der Waals surface area contributed by atoms with E-state index in [0.29, 0.717) is 5.75 Å². The predicted molar refractivity (Wildman–Crippen MR) is 46.3 cm³/mol. The molecular weight excluding hydrogens is 171 g/mol. The Morgan fingerprint density at radius 2 is 2.15 bits per heavy atom. The van der Waals surface area contributed by atoms with E-state index in [4.69, 9.17) is 9.47 Å². The molecule has 0 saturated carbocycles. The first kappa shape index (κ1) is 8.35. The van der Waals surface area contributed by atoms with Crippen LogP contribution in [0.5, 0.6) is 11.5 Å². The van der Waals surface area contributed by atoms with Crippen molar-refractivity contribution in [2.24, 2.45) is 0 Å². The molecule has 0 fully saturated rings.